The number of carboxylic acids is 1. The highest BCUT2D eigenvalue weighted by molar-refractivity contribution is 5.87. The van der Waals surface area contributed by atoms with E-state index < -0.39 is 17.1 Å². The summed E-state index contributed by atoms with van der Waals surface area (Å²) in [5.74, 6) is -1.48. The van der Waals surface area contributed by atoms with Crippen molar-refractivity contribution in [1.29, 1.82) is 0 Å². The average Bonchev–Trinajstić information content (AvgIpc) is 2.18. The molecular formula is C12H16N2O4. The molecule has 0 aromatic carbocycles. The highest BCUT2D eigenvalue weighted by Crippen LogP contribution is 1.99. The molecule has 1 rings (SSSR count). The number of rotatable bonds is 3. The summed E-state index contributed by atoms with van der Waals surface area (Å²) >= 11 is 0. The Morgan fingerprint density at radius 3 is 2.44 bits per heavy atom. The number of aromatic nitrogens is 1. The molecule has 0 aliphatic rings. The van der Waals surface area contributed by atoms with E-state index in [9.17, 15) is 14.4 Å². The lowest BCUT2D eigenvalue weighted by Gasteiger charge is -2.20. The first kappa shape index (κ1) is 14.0. The molecular weight excluding hydrogens is 236 g/mol. The van der Waals surface area contributed by atoms with Crippen LogP contribution in [0, 0.1) is 0 Å². The molecule has 1 aromatic heterocycles. The molecule has 0 aliphatic carbocycles. The fourth-order valence-corrected chi connectivity index (χ4v) is 1.39. The first-order chi connectivity index (χ1) is 8.19. The SMILES string of the molecule is CC(C)(C)NC(=O)Cn1cc(C(=O)O)ccc1=O. The van der Waals surface area contributed by atoms with Crippen LogP contribution in [0.1, 0.15) is 31.1 Å². The van der Waals surface area contributed by atoms with Gasteiger partial charge in [0.05, 0.1) is 5.56 Å². The van der Waals surface area contributed by atoms with Crippen LogP contribution in [0.15, 0.2) is 23.1 Å². The molecule has 0 bridgehead atoms. The van der Waals surface area contributed by atoms with E-state index in [-0.39, 0.29) is 18.0 Å². The first-order valence-corrected chi connectivity index (χ1v) is 5.44. The predicted molar refractivity (Wildman–Crippen MR) is 65.6 cm³/mol. The Morgan fingerprint density at radius 2 is 1.94 bits per heavy atom. The van der Waals surface area contributed by atoms with E-state index in [0.29, 0.717) is 0 Å². The number of aromatic carboxylic acids is 1. The van der Waals surface area contributed by atoms with Gasteiger partial charge in [0, 0.05) is 17.8 Å². The molecule has 0 fully saturated rings. The maximum Gasteiger partial charge on any atom is 0.337 e. The highest BCUT2D eigenvalue weighted by Gasteiger charge is 2.15. The standard InChI is InChI=1S/C12H16N2O4/c1-12(2,3)13-9(15)7-14-6-8(11(17)18)4-5-10(14)16/h4-6H,7H2,1-3H3,(H,13,15)(H,17,18). The van der Waals surface area contributed by atoms with E-state index >= 15 is 0 Å². The molecule has 2 N–H and O–H groups in total. The van der Waals surface area contributed by atoms with Gasteiger partial charge in [0.15, 0.2) is 0 Å². The minimum absolute atomic E-state index is 0.0295. The molecule has 1 heterocycles. The van der Waals surface area contributed by atoms with Crippen molar-refractivity contribution in [2.45, 2.75) is 32.9 Å². The molecule has 0 atom stereocenters. The van der Waals surface area contributed by atoms with Crippen molar-refractivity contribution in [3.8, 4) is 0 Å². The van der Waals surface area contributed by atoms with E-state index in [1.807, 2.05) is 20.8 Å². The minimum Gasteiger partial charge on any atom is -0.478 e. The van der Waals surface area contributed by atoms with Gasteiger partial charge in [0.2, 0.25) is 5.91 Å². The summed E-state index contributed by atoms with van der Waals surface area (Å²) in [7, 11) is 0. The fourth-order valence-electron chi connectivity index (χ4n) is 1.39. The Balaban J connectivity index is 2.91. The average molecular weight is 252 g/mol. The number of nitrogens with zero attached hydrogens (tertiary/aromatic N) is 1. The zero-order chi connectivity index (χ0) is 13.9. The van der Waals surface area contributed by atoms with Crippen LogP contribution in [-0.2, 0) is 11.3 Å². The van der Waals surface area contributed by atoms with Gasteiger partial charge in [-0.1, -0.05) is 0 Å². The molecule has 0 spiro atoms. The van der Waals surface area contributed by atoms with Crippen LogP contribution in [0.5, 0.6) is 0 Å². The van der Waals surface area contributed by atoms with Crippen molar-refractivity contribution in [2.75, 3.05) is 0 Å². The number of amides is 1. The van der Waals surface area contributed by atoms with Crippen LogP contribution >= 0.6 is 0 Å². The molecule has 18 heavy (non-hydrogen) atoms. The second kappa shape index (κ2) is 5.03. The van der Waals surface area contributed by atoms with E-state index in [2.05, 4.69) is 5.32 Å². The zero-order valence-corrected chi connectivity index (χ0v) is 10.6. The summed E-state index contributed by atoms with van der Waals surface area (Å²) < 4.78 is 1.07. The van der Waals surface area contributed by atoms with Crippen LogP contribution in [0.2, 0.25) is 0 Å². The quantitative estimate of drug-likeness (QED) is 0.818. The molecule has 6 heteroatoms. The molecule has 1 amide bonds. The van der Waals surface area contributed by atoms with Crippen molar-refractivity contribution in [1.82, 2.24) is 9.88 Å². The largest absolute Gasteiger partial charge is 0.478 e. The van der Waals surface area contributed by atoms with Gasteiger partial charge in [-0.15, -0.1) is 0 Å². The molecule has 6 nitrogen and oxygen atoms in total. The molecule has 0 saturated heterocycles. The van der Waals surface area contributed by atoms with Crippen molar-refractivity contribution in [2.24, 2.45) is 0 Å². The highest BCUT2D eigenvalue weighted by atomic mass is 16.4. The second-order valence-corrected chi connectivity index (χ2v) is 4.99. The maximum absolute atomic E-state index is 11.6. The third kappa shape index (κ3) is 4.04. The lowest BCUT2D eigenvalue weighted by Crippen LogP contribution is -2.43. The Kier molecular flexibility index (Phi) is 3.90. The molecule has 0 radical (unpaired) electrons. The van der Waals surface area contributed by atoms with E-state index in [1.165, 1.54) is 6.07 Å². The third-order valence-electron chi connectivity index (χ3n) is 2.06. The van der Waals surface area contributed by atoms with Crippen LogP contribution < -0.4 is 10.9 Å². The number of carbonyl (C=O) groups is 2. The van der Waals surface area contributed by atoms with Crippen molar-refractivity contribution in [3.63, 3.8) is 0 Å². The number of hydrogen-bond donors (Lipinski definition) is 2. The number of carboxylic acid groups (broad SMARTS) is 1. The van der Waals surface area contributed by atoms with E-state index in [4.69, 9.17) is 5.11 Å². The van der Waals surface area contributed by atoms with Crippen molar-refractivity contribution < 1.29 is 14.7 Å². The summed E-state index contributed by atoms with van der Waals surface area (Å²) in [6.45, 7) is 5.27. The Hall–Kier alpha value is -2.11. The minimum atomic E-state index is -1.14. The molecule has 0 aliphatic heterocycles. The lowest BCUT2D eigenvalue weighted by atomic mass is 10.1. The second-order valence-electron chi connectivity index (χ2n) is 4.99. The predicted octanol–water partition coefficient (Wildman–Crippen LogP) is 0.461. The number of nitrogens with one attached hydrogen (secondary N) is 1. The van der Waals surface area contributed by atoms with Gasteiger partial charge in [-0.2, -0.15) is 0 Å². The van der Waals surface area contributed by atoms with Gasteiger partial charge in [-0.05, 0) is 26.8 Å². The smallest absolute Gasteiger partial charge is 0.337 e. The van der Waals surface area contributed by atoms with Gasteiger partial charge in [0.1, 0.15) is 6.54 Å². The van der Waals surface area contributed by atoms with E-state index in [1.54, 1.807) is 0 Å². The first-order valence-electron chi connectivity index (χ1n) is 5.44. The summed E-state index contributed by atoms with van der Waals surface area (Å²) in [4.78, 5) is 33.9. The summed E-state index contributed by atoms with van der Waals surface area (Å²) in [6, 6.07) is 2.34. The number of pyridine rings is 1. The Bertz CT molecular complexity index is 526. The van der Waals surface area contributed by atoms with Crippen molar-refractivity contribution >= 4 is 11.9 Å². The van der Waals surface area contributed by atoms with Crippen molar-refractivity contribution in [3.05, 3.63) is 34.2 Å². The summed E-state index contributed by atoms with van der Waals surface area (Å²) in [5, 5.41) is 11.5. The Morgan fingerprint density at radius 1 is 1.33 bits per heavy atom. The zero-order valence-electron chi connectivity index (χ0n) is 10.6. The van der Waals surface area contributed by atoms with Gasteiger partial charge in [-0.25, -0.2) is 4.79 Å². The fraction of sp³-hybridized carbons (Fsp3) is 0.417. The van der Waals surface area contributed by atoms with Crippen LogP contribution in [0.3, 0.4) is 0 Å². The van der Waals surface area contributed by atoms with E-state index in [0.717, 1.165) is 16.8 Å². The molecule has 1 aromatic rings. The lowest BCUT2D eigenvalue weighted by molar-refractivity contribution is -0.123. The van der Waals surface area contributed by atoms with Crippen LogP contribution in [-0.4, -0.2) is 27.1 Å². The number of carbonyl (C=O) groups excluding carboxylic acids is 1. The normalized spacial score (nSPS) is 11.1. The maximum atomic E-state index is 11.6. The van der Waals surface area contributed by atoms with Crippen LogP contribution in [0.25, 0.3) is 0 Å². The van der Waals surface area contributed by atoms with Gasteiger partial charge < -0.3 is 15.0 Å². The van der Waals surface area contributed by atoms with Crippen LogP contribution in [0.4, 0.5) is 0 Å². The van der Waals surface area contributed by atoms with Gasteiger partial charge in [-0.3, -0.25) is 9.59 Å². The topological polar surface area (TPSA) is 88.4 Å². The number of hydrogen-bond acceptors (Lipinski definition) is 3. The summed E-state index contributed by atoms with van der Waals surface area (Å²) in [6.07, 6.45) is 1.16. The third-order valence-corrected chi connectivity index (χ3v) is 2.06. The Labute approximate surface area is 104 Å². The molecule has 0 unspecified atom stereocenters. The van der Waals surface area contributed by atoms with Gasteiger partial charge >= 0.3 is 5.97 Å². The van der Waals surface area contributed by atoms with Gasteiger partial charge in [0.25, 0.3) is 5.56 Å². The molecule has 0 saturated carbocycles. The monoisotopic (exact) mass is 252 g/mol. The molecule has 98 valence electrons. The summed E-state index contributed by atoms with van der Waals surface area (Å²) in [5.41, 5.74) is -0.840.